The number of amides is 1. The van der Waals surface area contributed by atoms with E-state index in [-0.39, 0.29) is 17.2 Å². The number of benzene rings is 3. The maximum Gasteiger partial charge on any atom is 0.255 e. The van der Waals surface area contributed by atoms with Gasteiger partial charge < -0.3 is 15.4 Å². The molecule has 1 amide bonds. The minimum atomic E-state index is -0.346. The molecule has 2 N–H and O–H groups in total. The van der Waals surface area contributed by atoms with Crippen LogP contribution in [0.5, 0.6) is 11.5 Å². The van der Waals surface area contributed by atoms with Gasteiger partial charge in [0.2, 0.25) is 0 Å². The van der Waals surface area contributed by atoms with Crippen molar-refractivity contribution in [3.8, 4) is 29.7 Å². The van der Waals surface area contributed by atoms with Crippen LogP contribution in [0.15, 0.2) is 90.1 Å². The van der Waals surface area contributed by atoms with Crippen molar-refractivity contribution in [2.75, 3.05) is 10.6 Å². The monoisotopic (exact) mass is 405 g/mol. The second-order valence-electron chi connectivity index (χ2n) is 6.15. The molecule has 0 fully saturated rings. The van der Waals surface area contributed by atoms with Gasteiger partial charge in [0.15, 0.2) is 11.3 Å². The molecule has 0 bridgehead atoms. The second kappa shape index (κ2) is 9.93. The number of hydrogen-bond acceptors (Lipinski definition) is 6. The number of anilines is 2. The fourth-order valence-electron chi connectivity index (χ4n) is 2.60. The molecular formula is C24H15N5O2. The number of carbonyl (C=O) groups is 1. The molecule has 0 saturated carbocycles. The summed E-state index contributed by atoms with van der Waals surface area (Å²) >= 11 is 0. The van der Waals surface area contributed by atoms with E-state index in [4.69, 9.17) is 20.5 Å². The Bertz CT molecular complexity index is 1230. The molecule has 0 heterocycles. The number of para-hydroxylation sites is 3. The molecule has 148 valence electrons. The van der Waals surface area contributed by atoms with Crippen molar-refractivity contribution in [1.82, 2.24) is 0 Å². The van der Waals surface area contributed by atoms with Crippen molar-refractivity contribution in [2.45, 2.75) is 0 Å². The molecule has 0 aliphatic carbocycles. The smallest absolute Gasteiger partial charge is 0.255 e. The van der Waals surface area contributed by atoms with E-state index in [1.165, 1.54) is 0 Å². The van der Waals surface area contributed by atoms with Crippen LogP contribution in [0.1, 0.15) is 10.4 Å². The van der Waals surface area contributed by atoms with Gasteiger partial charge in [-0.25, -0.2) is 0 Å². The van der Waals surface area contributed by atoms with Crippen LogP contribution in [-0.2, 0) is 0 Å². The third-order valence-corrected chi connectivity index (χ3v) is 4.11. The lowest BCUT2D eigenvalue weighted by Gasteiger charge is -2.12. The first-order valence-corrected chi connectivity index (χ1v) is 9.09. The first-order valence-electron chi connectivity index (χ1n) is 9.09. The summed E-state index contributed by atoms with van der Waals surface area (Å²) in [6.07, 6.45) is 0. The Labute approximate surface area is 179 Å². The summed E-state index contributed by atoms with van der Waals surface area (Å²) in [5.41, 5.74) is 0.877. The molecule has 0 saturated heterocycles. The van der Waals surface area contributed by atoms with Gasteiger partial charge in [-0.1, -0.05) is 30.3 Å². The summed E-state index contributed by atoms with van der Waals surface area (Å²) in [6.45, 7) is 0. The molecule has 3 aromatic rings. The van der Waals surface area contributed by atoms with Crippen molar-refractivity contribution in [2.24, 2.45) is 0 Å². The Balaban J connectivity index is 1.74. The van der Waals surface area contributed by atoms with Crippen LogP contribution in [-0.4, -0.2) is 5.91 Å². The molecule has 3 aromatic carbocycles. The number of nitrogens with zero attached hydrogens (tertiary/aromatic N) is 3. The Morgan fingerprint density at radius 1 is 0.742 bits per heavy atom. The number of allylic oxidation sites excluding steroid dienone is 2. The Morgan fingerprint density at radius 3 is 2.03 bits per heavy atom. The van der Waals surface area contributed by atoms with E-state index in [1.807, 2.05) is 36.4 Å². The zero-order valence-corrected chi connectivity index (χ0v) is 16.2. The average Bonchev–Trinajstić information content (AvgIpc) is 2.81. The highest BCUT2D eigenvalue weighted by Crippen LogP contribution is 2.29. The molecule has 7 nitrogen and oxygen atoms in total. The van der Waals surface area contributed by atoms with E-state index >= 15 is 0 Å². The van der Waals surface area contributed by atoms with Crippen LogP contribution in [0, 0.1) is 34.0 Å². The molecular weight excluding hydrogens is 390 g/mol. The van der Waals surface area contributed by atoms with Crippen LogP contribution in [0.3, 0.4) is 0 Å². The van der Waals surface area contributed by atoms with E-state index in [2.05, 4.69) is 10.6 Å². The molecule has 3 rings (SSSR count). The minimum absolute atomic E-state index is 0.158. The standard InChI is InChI=1S/C24H15N5O2/c25-14-18(15-26)22(16-27)28-19-12-10-17(11-13-19)24(30)29-21-8-4-5-9-23(21)31-20-6-2-1-3-7-20/h1-13,28H,(H,29,30). The van der Waals surface area contributed by atoms with Gasteiger partial charge in [-0.2, -0.15) is 15.8 Å². The van der Waals surface area contributed by atoms with E-state index in [0.717, 1.165) is 0 Å². The summed E-state index contributed by atoms with van der Waals surface area (Å²) in [5.74, 6) is 0.807. The van der Waals surface area contributed by atoms with Crippen molar-refractivity contribution in [1.29, 1.82) is 15.8 Å². The predicted molar refractivity (Wildman–Crippen MR) is 115 cm³/mol. The van der Waals surface area contributed by atoms with Crippen molar-refractivity contribution >= 4 is 17.3 Å². The average molecular weight is 405 g/mol. The van der Waals surface area contributed by atoms with Crippen LogP contribution >= 0.6 is 0 Å². The number of nitriles is 3. The maximum atomic E-state index is 12.7. The van der Waals surface area contributed by atoms with Gasteiger partial charge >= 0.3 is 0 Å². The normalized spacial score (nSPS) is 9.32. The van der Waals surface area contributed by atoms with E-state index in [1.54, 1.807) is 60.7 Å². The van der Waals surface area contributed by atoms with Gasteiger partial charge in [0.05, 0.1) is 5.69 Å². The molecule has 0 aliphatic heterocycles. The van der Waals surface area contributed by atoms with Gasteiger partial charge in [-0.05, 0) is 48.5 Å². The molecule has 7 heteroatoms. The van der Waals surface area contributed by atoms with Gasteiger partial charge in [0, 0.05) is 11.3 Å². The lowest BCUT2D eigenvalue weighted by molar-refractivity contribution is 0.102. The third kappa shape index (κ3) is 5.26. The number of ether oxygens (including phenoxy) is 1. The molecule has 0 atom stereocenters. The highest BCUT2D eigenvalue weighted by Gasteiger charge is 2.11. The highest BCUT2D eigenvalue weighted by molar-refractivity contribution is 6.05. The molecule has 0 aliphatic rings. The highest BCUT2D eigenvalue weighted by atomic mass is 16.5. The van der Waals surface area contributed by atoms with Gasteiger partial charge in [0.25, 0.3) is 5.91 Å². The second-order valence-corrected chi connectivity index (χ2v) is 6.15. The summed E-state index contributed by atoms with van der Waals surface area (Å²) in [6, 6.07) is 27.7. The predicted octanol–water partition coefficient (Wildman–Crippen LogP) is 4.97. The summed E-state index contributed by atoms with van der Waals surface area (Å²) < 4.78 is 5.85. The fraction of sp³-hybridized carbons (Fsp3) is 0. The Morgan fingerprint density at radius 2 is 1.39 bits per heavy atom. The van der Waals surface area contributed by atoms with Gasteiger partial charge in [-0.15, -0.1) is 0 Å². The minimum Gasteiger partial charge on any atom is -0.455 e. The number of rotatable bonds is 6. The lowest BCUT2D eigenvalue weighted by Crippen LogP contribution is -2.12. The number of nitrogens with one attached hydrogen (secondary N) is 2. The van der Waals surface area contributed by atoms with Crippen LogP contribution < -0.4 is 15.4 Å². The van der Waals surface area contributed by atoms with Crippen molar-refractivity contribution in [3.63, 3.8) is 0 Å². The maximum absolute atomic E-state index is 12.7. The van der Waals surface area contributed by atoms with Crippen LogP contribution in [0.25, 0.3) is 0 Å². The van der Waals surface area contributed by atoms with Crippen LogP contribution in [0.4, 0.5) is 11.4 Å². The lowest BCUT2D eigenvalue weighted by atomic mass is 10.1. The quantitative estimate of drug-likeness (QED) is 0.559. The molecule has 0 spiro atoms. The van der Waals surface area contributed by atoms with E-state index < -0.39 is 0 Å². The summed E-state index contributed by atoms with van der Waals surface area (Å²) in [4.78, 5) is 12.7. The van der Waals surface area contributed by atoms with Gasteiger partial charge in [-0.3, -0.25) is 4.79 Å². The van der Waals surface area contributed by atoms with Crippen molar-refractivity contribution < 1.29 is 9.53 Å². The van der Waals surface area contributed by atoms with E-state index in [9.17, 15) is 4.79 Å². The summed E-state index contributed by atoms with van der Waals surface area (Å²) in [7, 11) is 0. The van der Waals surface area contributed by atoms with Crippen molar-refractivity contribution in [3.05, 3.63) is 95.7 Å². The largest absolute Gasteiger partial charge is 0.455 e. The molecule has 0 unspecified atom stereocenters. The molecule has 0 radical (unpaired) electrons. The van der Waals surface area contributed by atoms with Crippen LogP contribution in [0.2, 0.25) is 0 Å². The topological polar surface area (TPSA) is 122 Å². The molecule has 31 heavy (non-hydrogen) atoms. The first kappa shape index (κ1) is 20.7. The number of carbonyl (C=O) groups excluding carboxylic acids is 1. The Kier molecular flexibility index (Phi) is 6.62. The number of hydrogen-bond donors (Lipinski definition) is 2. The Hall–Kier alpha value is -5.06. The zero-order chi connectivity index (χ0) is 22.1. The SMILES string of the molecule is N#CC(C#N)=C(C#N)Nc1ccc(C(=O)Nc2ccccc2Oc2ccccc2)cc1. The zero-order valence-electron chi connectivity index (χ0n) is 16.2. The van der Waals surface area contributed by atoms with Gasteiger partial charge in [0.1, 0.15) is 29.7 Å². The van der Waals surface area contributed by atoms with E-state index in [0.29, 0.717) is 28.4 Å². The fourth-order valence-corrected chi connectivity index (χ4v) is 2.60. The first-order chi connectivity index (χ1) is 15.1. The molecule has 0 aromatic heterocycles. The summed E-state index contributed by atoms with van der Waals surface area (Å²) in [5, 5.41) is 32.4. The third-order valence-electron chi connectivity index (χ3n) is 4.11.